The van der Waals surface area contributed by atoms with Crippen molar-refractivity contribution in [3.8, 4) is 0 Å². The zero-order valence-corrected chi connectivity index (χ0v) is 13.0. The molecular weight excluding hydrogens is 347 g/mol. The molecule has 1 rings (SSSR count). The molecule has 0 heterocycles. The number of esters is 1. The van der Waals surface area contributed by atoms with Crippen molar-refractivity contribution in [2.75, 3.05) is 6.61 Å². The van der Waals surface area contributed by atoms with Crippen LogP contribution in [0, 0.1) is 5.82 Å². The third kappa shape index (κ3) is 5.90. The van der Waals surface area contributed by atoms with E-state index in [1.165, 1.54) is 12.1 Å². The number of urea groups is 1. The molecule has 2 N–H and O–H groups in total. The predicted octanol–water partition coefficient (Wildman–Crippen LogP) is 1.98. The number of hydrogen-bond donors (Lipinski definition) is 2. The van der Waals surface area contributed by atoms with Gasteiger partial charge in [-0.3, -0.25) is 10.1 Å². The Bertz CT molecular complexity index is 563. The SMILES string of the molecule is CC(C)NC(=O)NC(=O)COC(=O)c1cc(F)ccc1Br. The number of nitrogens with one attached hydrogen (secondary N) is 2. The second kappa shape index (κ2) is 7.72. The van der Waals surface area contributed by atoms with Gasteiger partial charge in [0.05, 0.1) is 5.56 Å². The maximum absolute atomic E-state index is 13.0. The number of benzene rings is 1. The maximum Gasteiger partial charge on any atom is 0.339 e. The molecule has 0 bridgehead atoms. The molecule has 0 unspecified atom stereocenters. The molecule has 0 atom stereocenters. The van der Waals surface area contributed by atoms with Gasteiger partial charge in [0.1, 0.15) is 5.82 Å². The summed E-state index contributed by atoms with van der Waals surface area (Å²) in [6, 6.07) is 2.68. The molecular formula is C13H14BrFN2O4. The monoisotopic (exact) mass is 360 g/mol. The fraction of sp³-hybridized carbons (Fsp3) is 0.308. The van der Waals surface area contributed by atoms with Crippen LogP contribution in [0.3, 0.4) is 0 Å². The Balaban J connectivity index is 2.51. The molecule has 0 radical (unpaired) electrons. The maximum atomic E-state index is 13.0. The smallest absolute Gasteiger partial charge is 0.339 e. The van der Waals surface area contributed by atoms with Crippen molar-refractivity contribution < 1.29 is 23.5 Å². The number of carbonyl (C=O) groups is 3. The minimum atomic E-state index is -0.874. The topological polar surface area (TPSA) is 84.5 Å². The highest BCUT2D eigenvalue weighted by molar-refractivity contribution is 9.10. The third-order valence-corrected chi connectivity index (χ3v) is 2.85. The van der Waals surface area contributed by atoms with Gasteiger partial charge in [0, 0.05) is 10.5 Å². The molecule has 1 aromatic carbocycles. The normalized spacial score (nSPS) is 10.1. The van der Waals surface area contributed by atoms with Crippen LogP contribution in [-0.2, 0) is 9.53 Å². The number of rotatable bonds is 4. The van der Waals surface area contributed by atoms with Gasteiger partial charge in [-0.15, -0.1) is 0 Å². The molecule has 3 amide bonds. The van der Waals surface area contributed by atoms with E-state index in [0.29, 0.717) is 4.47 Å². The van der Waals surface area contributed by atoms with Crippen LogP contribution in [0.4, 0.5) is 9.18 Å². The van der Waals surface area contributed by atoms with E-state index in [-0.39, 0.29) is 11.6 Å². The number of halogens is 2. The van der Waals surface area contributed by atoms with E-state index in [1.54, 1.807) is 13.8 Å². The summed E-state index contributed by atoms with van der Waals surface area (Å²) >= 11 is 3.07. The van der Waals surface area contributed by atoms with Gasteiger partial charge in [-0.25, -0.2) is 14.0 Å². The van der Waals surface area contributed by atoms with Crippen LogP contribution in [0.1, 0.15) is 24.2 Å². The van der Waals surface area contributed by atoms with E-state index in [0.717, 1.165) is 6.07 Å². The molecule has 0 aliphatic heterocycles. The standard InChI is InChI=1S/C13H14BrFN2O4/c1-7(2)16-13(20)17-11(18)6-21-12(19)9-5-8(15)3-4-10(9)14/h3-5,7H,6H2,1-2H3,(H2,16,17,18,20). The van der Waals surface area contributed by atoms with Gasteiger partial charge in [-0.2, -0.15) is 0 Å². The summed E-state index contributed by atoms with van der Waals surface area (Å²) in [6.45, 7) is 2.81. The first kappa shape index (κ1) is 17.1. The zero-order valence-electron chi connectivity index (χ0n) is 11.4. The molecule has 1 aromatic rings. The molecule has 0 aliphatic carbocycles. The second-order valence-corrected chi connectivity index (χ2v) is 5.23. The largest absolute Gasteiger partial charge is 0.452 e. The summed E-state index contributed by atoms with van der Waals surface area (Å²) in [5.74, 6) is -2.26. The van der Waals surface area contributed by atoms with Crippen LogP contribution in [0.5, 0.6) is 0 Å². The minimum absolute atomic E-state index is 0.0468. The van der Waals surface area contributed by atoms with Gasteiger partial charge in [-0.05, 0) is 48.0 Å². The highest BCUT2D eigenvalue weighted by Gasteiger charge is 2.15. The summed E-state index contributed by atoms with van der Waals surface area (Å²) in [7, 11) is 0. The van der Waals surface area contributed by atoms with Gasteiger partial charge in [0.15, 0.2) is 6.61 Å². The van der Waals surface area contributed by atoms with Crippen LogP contribution in [0.15, 0.2) is 22.7 Å². The third-order valence-electron chi connectivity index (χ3n) is 2.16. The van der Waals surface area contributed by atoms with Crippen LogP contribution < -0.4 is 10.6 Å². The Kier molecular flexibility index (Phi) is 6.29. The molecule has 0 fully saturated rings. The molecule has 8 heteroatoms. The minimum Gasteiger partial charge on any atom is -0.452 e. The molecule has 0 spiro atoms. The lowest BCUT2D eigenvalue weighted by Gasteiger charge is -2.09. The van der Waals surface area contributed by atoms with Gasteiger partial charge in [0.2, 0.25) is 0 Å². The van der Waals surface area contributed by atoms with Crippen molar-refractivity contribution in [3.63, 3.8) is 0 Å². The van der Waals surface area contributed by atoms with Crippen LogP contribution in [0.2, 0.25) is 0 Å². The predicted molar refractivity (Wildman–Crippen MR) is 76.2 cm³/mol. The fourth-order valence-corrected chi connectivity index (χ4v) is 1.73. The fourth-order valence-electron chi connectivity index (χ4n) is 1.32. The van der Waals surface area contributed by atoms with Crippen molar-refractivity contribution >= 4 is 33.8 Å². The Labute approximate surface area is 129 Å². The number of carbonyl (C=O) groups excluding carboxylic acids is 3. The van der Waals surface area contributed by atoms with Crippen molar-refractivity contribution in [3.05, 3.63) is 34.1 Å². The average molecular weight is 361 g/mol. The molecule has 0 saturated heterocycles. The quantitative estimate of drug-likeness (QED) is 0.804. The second-order valence-electron chi connectivity index (χ2n) is 4.38. The average Bonchev–Trinajstić information content (AvgIpc) is 2.37. The summed E-state index contributed by atoms with van der Waals surface area (Å²) in [6.07, 6.45) is 0. The number of amides is 3. The Hall–Kier alpha value is -1.96. The first-order chi connectivity index (χ1) is 9.79. The molecule has 0 aromatic heterocycles. The van der Waals surface area contributed by atoms with E-state index < -0.39 is 30.3 Å². The molecule has 6 nitrogen and oxygen atoms in total. The Morgan fingerprint density at radius 2 is 2.00 bits per heavy atom. The van der Waals surface area contributed by atoms with E-state index in [2.05, 4.69) is 21.2 Å². The molecule has 0 saturated carbocycles. The molecule has 21 heavy (non-hydrogen) atoms. The lowest BCUT2D eigenvalue weighted by Crippen LogP contribution is -2.44. The Morgan fingerprint density at radius 1 is 1.33 bits per heavy atom. The highest BCUT2D eigenvalue weighted by Crippen LogP contribution is 2.18. The summed E-state index contributed by atoms with van der Waals surface area (Å²) < 4.78 is 18.1. The van der Waals surface area contributed by atoms with Gasteiger partial charge < -0.3 is 10.1 Å². The lowest BCUT2D eigenvalue weighted by atomic mass is 10.2. The zero-order chi connectivity index (χ0) is 16.0. The summed E-state index contributed by atoms with van der Waals surface area (Å²) in [4.78, 5) is 34.3. The number of ether oxygens (including phenoxy) is 1. The molecule has 114 valence electrons. The van der Waals surface area contributed by atoms with Crippen molar-refractivity contribution in [1.29, 1.82) is 0 Å². The van der Waals surface area contributed by atoms with E-state index in [1.807, 2.05) is 5.32 Å². The van der Waals surface area contributed by atoms with Crippen molar-refractivity contribution in [2.45, 2.75) is 19.9 Å². The van der Waals surface area contributed by atoms with Crippen molar-refractivity contribution in [2.24, 2.45) is 0 Å². The first-order valence-electron chi connectivity index (χ1n) is 6.02. The lowest BCUT2D eigenvalue weighted by molar-refractivity contribution is -0.123. The van der Waals surface area contributed by atoms with Gasteiger partial charge in [-0.1, -0.05) is 0 Å². The Morgan fingerprint density at radius 3 is 2.62 bits per heavy atom. The first-order valence-corrected chi connectivity index (χ1v) is 6.81. The number of hydrogen-bond acceptors (Lipinski definition) is 4. The summed E-state index contributed by atoms with van der Waals surface area (Å²) in [5, 5.41) is 4.43. The van der Waals surface area contributed by atoms with Crippen LogP contribution in [-0.4, -0.2) is 30.6 Å². The summed E-state index contributed by atoms with van der Waals surface area (Å²) in [5.41, 5.74) is -0.0468. The van der Waals surface area contributed by atoms with Crippen LogP contribution >= 0.6 is 15.9 Å². The highest BCUT2D eigenvalue weighted by atomic mass is 79.9. The molecule has 0 aliphatic rings. The van der Waals surface area contributed by atoms with E-state index in [9.17, 15) is 18.8 Å². The van der Waals surface area contributed by atoms with Gasteiger partial charge >= 0.3 is 12.0 Å². The van der Waals surface area contributed by atoms with E-state index >= 15 is 0 Å². The van der Waals surface area contributed by atoms with Gasteiger partial charge in [0.25, 0.3) is 5.91 Å². The van der Waals surface area contributed by atoms with Crippen LogP contribution in [0.25, 0.3) is 0 Å². The number of imide groups is 1. The van der Waals surface area contributed by atoms with E-state index in [4.69, 9.17) is 4.74 Å². The van der Waals surface area contributed by atoms with Crippen molar-refractivity contribution in [1.82, 2.24) is 10.6 Å².